The summed E-state index contributed by atoms with van der Waals surface area (Å²) in [4.78, 5) is 0. The summed E-state index contributed by atoms with van der Waals surface area (Å²) in [7, 11) is 1.51. The van der Waals surface area contributed by atoms with Crippen LogP contribution >= 0.6 is 0 Å². The highest BCUT2D eigenvalue weighted by atomic mass is 19.4. The van der Waals surface area contributed by atoms with Crippen LogP contribution in [0.1, 0.15) is 31.4 Å². The van der Waals surface area contributed by atoms with E-state index in [-0.39, 0.29) is 19.1 Å². The van der Waals surface area contributed by atoms with Crippen molar-refractivity contribution in [3.8, 4) is 11.5 Å². The zero-order chi connectivity index (χ0) is 14.5. The molecule has 0 unspecified atom stereocenters. The quantitative estimate of drug-likeness (QED) is 0.810. The summed E-state index contributed by atoms with van der Waals surface area (Å²) in [6.07, 6.45) is -5.09. The van der Waals surface area contributed by atoms with Gasteiger partial charge in [0.15, 0.2) is 0 Å². The van der Waals surface area contributed by atoms with E-state index in [2.05, 4.69) is 0 Å². The van der Waals surface area contributed by atoms with E-state index in [1.807, 2.05) is 0 Å². The Labute approximate surface area is 110 Å². The molecule has 0 radical (unpaired) electrons. The average molecular weight is 277 g/mol. The number of hydrogen-bond donors (Lipinski definition) is 1. The zero-order valence-electron chi connectivity index (χ0n) is 11.0. The summed E-state index contributed by atoms with van der Waals surface area (Å²) in [5.41, 5.74) is 6.52. The van der Waals surface area contributed by atoms with Gasteiger partial charge in [-0.2, -0.15) is 13.2 Å². The van der Waals surface area contributed by atoms with Crippen LogP contribution < -0.4 is 15.2 Å². The fraction of sp³-hybridized carbons (Fsp3) is 0.538. The van der Waals surface area contributed by atoms with Crippen molar-refractivity contribution >= 4 is 0 Å². The fourth-order valence-electron chi connectivity index (χ4n) is 1.60. The molecule has 0 aliphatic carbocycles. The average Bonchev–Trinajstić information content (AvgIpc) is 2.33. The molecule has 0 saturated carbocycles. The monoisotopic (exact) mass is 277 g/mol. The summed E-state index contributed by atoms with van der Waals surface area (Å²) in [5, 5.41) is 0. The maximum atomic E-state index is 12.0. The lowest BCUT2D eigenvalue weighted by atomic mass is 10.1. The second-order valence-electron chi connectivity index (χ2n) is 4.26. The zero-order valence-corrected chi connectivity index (χ0v) is 11.0. The van der Waals surface area contributed by atoms with Crippen molar-refractivity contribution in [2.75, 3.05) is 13.7 Å². The van der Waals surface area contributed by atoms with E-state index >= 15 is 0 Å². The molecule has 0 aromatic heterocycles. The van der Waals surface area contributed by atoms with Crippen LogP contribution in [-0.2, 0) is 0 Å². The molecule has 6 heteroatoms. The van der Waals surface area contributed by atoms with E-state index in [1.165, 1.54) is 7.11 Å². The van der Waals surface area contributed by atoms with Crippen LogP contribution in [-0.4, -0.2) is 19.9 Å². The SMILES string of the molecule is COc1ccc([C@H](C)N)c(OCCCC(F)(F)F)c1. The van der Waals surface area contributed by atoms with Crippen LogP contribution in [0.5, 0.6) is 11.5 Å². The van der Waals surface area contributed by atoms with Gasteiger partial charge < -0.3 is 15.2 Å². The smallest absolute Gasteiger partial charge is 0.389 e. The standard InChI is InChI=1S/C13H18F3NO2/c1-9(17)11-5-4-10(18-2)8-12(11)19-7-3-6-13(14,15)16/h4-5,8-9H,3,6-7,17H2,1-2H3/t9-/m0/s1. The number of benzene rings is 1. The molecule has 0 saturated heterocycles. The van der Waals surface area contributed by atoms with Crippen LogP contribution in [0.15, 0.2) is 18.2 Å². The molecule has 0 bridgehead atoms. The molecule has 108 valence electrons. The Hall–Kier alpha value is -1.43. The summed E-state index contributed by atoms with van der Waals surface area (Å²) in [6, 6.07) is 4.86. The predicted octanol–water partition coefficient (Wildman–Crippen LogP) is 3.44. The Morgan fingerprint density at radius 2 is 2.00 bits per heavy atom. The van der Waals surface area contributed by atoms with Gasteiger partial charge in [0.25, 0.3) is 0 Å². The highest BCUT2D eigenvalue weighted by Crippen LogP contribution is 2.29. The van der Waals surface area contributed by atoms with E-state index in [0.717, 1.165) is 5.56 Å². The maximum absolute atomic E-state index is 12.0. The second kappa shape index (κ2) is 6.65. The van der Waals surface area contributed by atoms with E-state index in [4.69, 9.17) is 15.2 Å². The van der Waals surface area contributed by atoms with Gasteiger partial charge in [0.2, 0.25) is 0 Å². The Balaban J connectivity index is 2.65. The van der Waals surface area contributed by atoms with Gasteiger partial charge in [0, 0.05) is 24.1 Å². The van der Waals surface area contributed by atoms with Crippen molar-refractivity contribution in [2.24, 2.45) is 5.73 Å². The highest BCUT2D eigenvalue weighted by molar-refractivity contribution is 5.42. The highest BCUT2D eigenvalue weighted by Gasteiger charge is 2.26. The lowest BCUT2D eigenvalue weighted by molar-refractivity contribution is -0.136. The molecule has 3 nitrogen and oxygen atoms in total. The first-order chi connectivity index (χ1) is 8.83. The minimum absolute atomic E-state index is 0.00754. The van der Waals surface area contributed by atoms with Crippen LogP contribution in [0.25, 0.3) is 0 Å². The minimum atomic E-state index is -4.15. The van der Waals surface area contributed by atoms with Crippen molar-refractivity contribution in [3.63, 3.8) is 0 Å². The van der Waals surface area contributed by atoms with Gasteiger partial charge in [-0.3, -0.25) is 0 Å². The summed E-state index contributed by atoms with van der Waals surface area (Å²) in [5.74, 6) is 1.05. The first-order valence-corrected chi connectivity index (χ1v) is 5.96. The summed E-state index contributed by atoms with van der Waals surface area (Å²) in [6.45, 7) is 1.77. The third-order valence-electron chi connectivity index (χ3n) is 2.57. The number of hydrogen-bond acceptors (Lipinski definition) is 3. The van der Waals surface area contributed by atoms with E-state index in [9.17, 15) is 13.2 Å². The molecule has 0 heterocycles. The van der Waals surface area contributed by atoms with Crippen molar-refractivity contribution in [3.05, 3.63) is 23.8 Å². The molecule has 0 spiro atoms. The lowest BCUT2D eigenvalue weighted by Crippen LogP contribution is -2.12. The molecule has 0 aliphatic rings. The predicted molar refractivity (Wildman–Crippen MR) is 66.4 cm³/mol. The first-order valence-electron chi connectivity index (χ1n) is 5.96. The molecule has 1 aromatic carbocycles. The minimum Gasteiger partial charge on any atom is -0.497 e. The number of halogens is 3. The molecule has 1 atom stereocenters. The number of alkyl halides is 3. The van der Waals surface area contributed by atoms with Crippen molar-refractivity contribution < 1.29 is 22.6 Å². The van der Waals surface area contributed by atoms with E-state index < -0.39 is 12.6 Å². The van der Waals surface area contributed by atoms with Gasteiger partial charge in [0.1, 0.15) is 11.5 Å². The number of rotatable bonds is 6. The van der Waals surface area contributed by atoms with Gasteiger partial charge in [-0.25, -0.2) is 0 Å². The molecular formula is C13H18F3NO2. The number of ether oxygens (including phenoxy) is 2. The first kappa shape index (κ1) is 15.6. The summed E-state index contributed by atoms with van der Waals surface area (Å²) < 4.78 is 46.5. The van der Waals surface area contributed by atoms with Crippen LogP contribution in [0.2, 0.25) is 0 Å². The van der Waals surface area contributed by atoms with Gasteiger partial charge in [0.05, 0.1) is 13.7 Å². The Bertz CT molecular complexity index is 405. The fourth-order valence-corrected chi connectivity index (χ4v) is 1.60. The van der Waals surface area contributed by atoms with Crippen LogP contribution in [0.3, 0.4) is 0 Å². The lowest BCUT2D eigenvalue weighted by Gasteiger charge is -2.15. The Morgan fingerprint density at radius 1 is 1.32 bits per heavy atom. The van der Waals surface area contributed by atoms with E-state index in [0.29, 0.717) is 11.5 Å². The van der Waals surface area contributed by atoms with E-state index in [1.54, 1.807) is 25.1 Å². The Morgan fingerprint density at radius 3 is 2.53 bits per heavy atom. The molecule has 2 N–H and O–H groups in total. The number of methoxy groups -OCH3 is 1. The normalized spacial score (nSPS) is 13.2. The molecule has 1 rings (SSSR count). The third kappa shape index (κ3) is 5.38. The molecule has 19 heavy (non-hydrogen) atoms. The van der Waals surface area contributed by atoms with Crippen LogP contribution in [0.4, 0.5) is 13.2 Å². The molecule has 0 amide bonds. The van der Waals surface area contributed by atoms with Gasteiger partial charge >= 0.3 is 6.18 Å². The topological polar surface area (TPSA) is 44.5 Å². The molecule has 1 aromatic rings. The van der Waals surface area contributed by atoms with Crippen molar-refractivity contribution in [1.29, 1.82) is 0 Å². The molecule has 0 fully saturated rings. The second-order valence-corrected chi connectivity index (χ2v) is 4.26. The van der Waals surface area contributed by atoms with Gasteiger partial charge in [-0.1, -0.05) is 6.07 Å². The Kier molecular flexibility index (Phi) is 5.47. The van der Waals surface area contributed by atoms with Gasteiger partial charge in [-0.15, -0.1) is 0 Å². The largest absolute Gasteiger partial charge is 0.497 e. The number of nitrogens with two attached hydrogens (primary N) is 1. The summed E-state index contributed by atoms with van der Waals surface area (Å²) >= 11 is 0. The maximum Gasteiger partial charge on any atom is 0.389 e. The van der Waals surface area contributed by atoms with Gasteiger partial charge in [-0.05, 0) is 19.4 Å². The van der Waals surface area contributed by atoms with Crippen molar-refractivity contribution in [2.45, 2.75) is 32.0 Å². The molecule has 0 aliphatic heterocycles. The van der Waals surface area contributed by atoms with Crippen molar-refractivity contribution in [1.82, 2.24) is 0 Å². The third-order valence-corrected chi connectivity index (χ3v) is 2.57. The molecular weight excluding hydrogens is 259 g/mol. The van der Waals surface area contributed by atoms with Crippen LogP contribution in [0, 0.1) is 0 Å².